The van der Waals surface area contributed by atoms with E-state index in [4.69, 9.17) is 4.74 Å². The number of nitrogens with zero attached hydrogens (tertiary/aromatic N) is 3. The highest BCUT2D eigenvalue weighted by Gasteiger charge is 2.41. The maximum Gasteiger partial charge on any atom is 0.166 e. The van der Waals surface area contributed by atoms with Gasteiger partial charge in [-0.15, -0.1) is 0 Å². The minimum absolute atomic E-state index is 0.0621. The second-order valence-electron chi connectivity index (χ2n) is 8.11. The van der Waals surface area contributed by atoms with Crippen molar-refractivity contribution in [3.63, 3.8) is 0 Å². The molecule has 2 aromatic carbocycles. The highest BCUT2D eigenvalue weighted by molar-refractivity contribution is 6.00. The lowest BCUT2D eigenvalue weighted by atomic mass is 9.80. The van der Waals surface area contributed by atoms with Gasteiger partial charge < -0.3 is 4.74 Å². The van der Waals surface area contributed by atoms with Crippen molar-refractivity contribution < 1.29 is 9.53 Å². The Morgan fingerprint density at radius 2 is 1.86 bits per heavy atom. The summed E-state index contributed by atoms with van der Waals surface area (Å²) in [6.45, 7) is 2.36. The first-order chi connectivity index (χ1) is 13.7. The second kappa shape index (κ2) is 7.15. The van der Waals surface area contributed by atoms with E-state index in [9.17, 15) is 4.79 Å². The number of piperidine rings is 1. The molecule has 2 unspecified atom stereocenters. The Labute approximate surface area is 164 Å². The van der Waals surface area contributed by atoms with Gasteiger partial charge in [-0.2, -0.15) is 5.10 Å². The first-order valence-electron chi connectivity index (χ1n) is 10.0. The van der Waals surface area contributed by atoms with E-state index >= 15 is 0 Å². The summed E-state index contributed by atoms with van der Waals surface area (Å²) in [6.07, 6.45) is 3.71. The number of rotatable bonds is 4. The van der Waals surface area contributed by atoms with Crippen LogP contribution in [0.1, 0.15) is 28.8 Å². The van der Waals surface area contributed by atoms with Crippen LogP contribution in [0.2, 0.25) is 0 Å². The molecule has 2 bridgehead atoms. The first kappa shape index (κ1) is 17.6. The molecular formula is C23H25N3O2. The summed E-state index contributed by atoms with van der Waals surface area (Å²) in [5.74, 6) is 0.316. The highest BCUT2D eigenvalue weighted by Crippen LogP contribution is 2.35. The number of ketones is 1. The SMILES string of the molecule is Cn1cc2ccc(C(=O)C3CC4COCC(C3)N4Cc3ccccc3)cc2n1. The Balaban J connectivity index is 1.35. The van der Waals surface area contributed by atoms with Crippen LogP contribution in [0, 0.1) is 5.92 Å². The third-order valence-corrected chi connectivity index (χ3v) is 6.16. The van der Waals surface area contributed by atoms with Gasteiger partial charge in [-0.25, -0.2) is 0 Å². The molecule has 2 fully saturated rings. The maximum atomic E-state index is 13.3. The van der Waals surface area contributed by atoms with Crippen molar-refractivity contribution >= 4 is 16.7 Å². The number of morpholine rings is 1. The molecule has 2 aliphatic rings. The lowest BCUT2D eigenvalue weighted by Gasteiger charge is -2.48. The van der Waals surface area contributed by atoms with E-state index in [-0.39, 0.29) is 11.7 Å². The minimum atomic E-state index is 0.0621. The molecule has 0 spiro atoms. The van der Waals surface area contributed by atoms with Crippen molar-refractivity contribution in [3.05, 3.63) is 65.9 Å². The number of hydrogen-bond donors (Lipinski definition) is 0. The maximum absolute atomic E-state index is 13.3. The standard InChI is InChI=1S/C23H25N3O2/c1-25-13-18-8-7-17(11-22(18)24-25)23(27)19-9-20-14-28-15-21(10-19)26(20)12-16-5-3-2-4-6-16/h2-8,11,13,19-21H,9-10,12,14-15H2,1H3. The zero-order chi connectivity index (χ0) is 19.1. The number of carbonyl (C=O) groups is 1. The van der Waals surface area contributed by atoms with Crippen molar-refractivity contribution in [1.29, 1.82) is 0 Å². The van der Waals surface area contributed by atoms with Crippen molar-refractivity contribution in [3.8, 4) is 0 Å². The van der Waals surface area contributed by atoms with E-state index in [0.29, 0.717) is 25.3 Å². The van der Waals surface area contributed by atoms with E-state index in [1.165, 1.54) is 5.56 Å². The molecule has 0 amide bonds. The monoisotopic (exact) mass is 375 g/mol. The molecule has 0 radical (unpaired) electrons. The number of fused-ring (bicyclic) bond motifs is 3. The molecule has 0 saturated carbocycles. The van der Waals surface area contributed by atoms with E-state index in [0.717, 1.165) is 35.9 Å². The fourth-order valence-electron chi connectivity index (χ4n) is 4.78. The number of benzene rings is 2. The molecule has 3 heterocycles. The van der Waals surface area contributed by atoms with Gasteiger partial charge in [-0.1, -0.05) is 42.5 Å². The van der Waals surface area contributed by atoms with Crippen LogP contribution < -0.4 is 0 Å². The van der Waals surface area contributed by atoms with Crippen LogP contribution in [0.3, 0.4) is 0 Å². The summed E-state index contributed by atoms with van der Waals surface area (Å²) in [4.78, 5) is 15.8. The molecule has 5 rings (SSSR count). The van der Waals surface area contributed by atoms with Crippen LogP contribution in [0.15, 0.2) is 54.7 Å². The molecule has 2 saturated heterocycles. The van der Waals surface area contributed by atoms with Gasteiger partial charge in [0.1, 0.15) is 0 Å². The third-order valence-electron chi connectivity index (χ3n) is 6.16. The van der Waals surface area contributed by atoms with Crippen LogP contribution in [0.25, 0.3) is 10.9 Å². The fourth-order valence-corrected chi connectivity index (χ4v) is 4.78. The molecule has 28 heavy (non-hydrogen) atoms. The predicted octanol–water partition coefficient (Wildman–Crippen LogP) is 3.44. The lowest BCUT2D eigenvalue weighted by molar-refractivity contribution is -0.0872. The third kappa shape index (κ3) is 3.25. The average molecular weight is 375 g/mol. The van der Waals surface area contributed by atoms with Crippen LogP contribution in [0.4, 0.5) is 0 Å². The highest BCUT2D eigenvalue weighted by atomic mass is 16.5. The number of carbonyl (C=O) groups excluding carboxylic acids is 1. The van der Waals surface area contributed by atoms with E-state index in [2.05, 4.69) is 40.3 Å². The van der Waals surface area contributed by atoms with Gasteiger partial charge in [0.05, 0.1) is 18.7 Å². The molecule has 3 aromatic rings. The molecule has 144 valence electrons. The zero-order valence-electron chi connectivity index (χ0n) is 16.1. The molecular weight excluding hydrogens is 350 g/mol. The van der Waals surface area contributed by atoms with Crippen LogP contribution in [0.5, 0.6) is 0 Å². The van der Waals surface area contributed by atoms with Gasteiger partial charge in [-0.05, 0) is 24.5 Å². The quantitative estimate of drug-likeness (QED) is 0.656. The van der Waals surface area contributed by atoms with Crippen molar-refractivity contribution in [2.75, 3.05) is 13.2 Å². The van der Waals surface area contributed by atoms with Crippen LogP contribution in [-0.2, 0) is 18.3 Å². The minimum Gasteiger partial charge on any atom is -0.378 e. The topological polar surface area (TPSA) is 47.4 Å². The smallest absolute Gasteiger partial charge is 0.166 e. The number of aromatic nitrogens is 2. The van der Waals surface area contributed by atoms with Gasteiger partial charge in [0.2, 0.25) is 0 Å². The van der Waals surface area contributed by atoms with E-state index < -0.39 is 0 Å². The summed E-state index contributed by atoms with van der Waals surface area (Å²) in [5.41, 5.74) is 3.00. The fraction of sp³-hybridized carbons (Fsp3) is 0.391. The Kier molecular flexibility index (Phi) is 4.49. The zero-order valence-corrected chi connectivity index (χ0v) is 16.1. The van der Waals surface area contributed by atoms with Gasteiger partial charge in [0, 0.05) is 48.7 Å². The Bertz CT molecular complexity index is 984. The molecule has 0 aliphatic carbocycles. The Hall–Kier alpha value is -2.50. The van der Waals surface area contributed by atoms with Crippen LogP contribution in [-0.4, -0.2) is 45.8 Å². The van der Waals surface area contributed by atoms with Crippen molar-refractivity contribution in [1.82, 2.24) is 14.7 Å². The lowest BCUT2D eigenvalue weighted by Crippen LogP contribution is -2.57. The van der Waals surface area contributed by atoms with Crippen molar-refractivity contribution in [2.45, 2.75) is 31.5 Å². The van der Waals surface area contributed by atoms with Crippen LogP contribution >= 0.6 is 0 Å². The summed E-state index contributed by atoms with van der Waals surface area (Å²) in [6, 6.07) is 17.1. The average Bonchev–Trinajstić information content (AvgIpc) is 3.07. The number of ether oxygens (including phenoxy) is 1. The summed E-state index contributed by atoms with van der Waals surface area (Å²) in [5, 5.41) is 5.52. The van der Waals surface area contributed by atoms with Crippen molar-refractivity contribution in [2.24, 2.45) is 13.0 Å². The molecule has 5 nitrogen and oxygen atoms in total. The molecule has 0 N–H and O–H groups in total. The Morgan fingerprint density at radius 1 is 1.11 bits per heavy atom. The molecule has 2 atom stereocenters. The van der Waals surface area contributed by atoms with Gasteiger partial charge >= 0.3 is 0 Å². The first-order valence-corrected chi connectivity index (χ1v) is 10.0. The number of hydrogen-bond acceptors (Lipinski definition) is 4. The Morgan fingerprint density at radius 3 is 2.61 bits per heavy atom. The summed E-state index contributed by atoms with van der Waals surface area (Å²) >= 11 is 0. The normalized spacial score (nSPS) is 25.1. The molecule has 1 aromatic heterocycles. The largest absolute Gasteiger partial charge is 0.378 e. The van der Waals surface area contributed by atoms with Gasteiger partial charge in [0.25, 0.3) is 0 Å². The van der Waals surface area contributed by atoms with Gasteiger partial charge in [-0.3, -0.25) is 14.4 Å². The van der Waals surface area contributed by atoms with E-state index in [1.54, 1.807) is 4.68 Å². The number of aryl methyl sites for hydroxylation is 1. The molecule has 5 heteroatoms. The number of Topliss-reactive ketones (excluding diaryl/α,β-unsaturated/α-hetero) is 1. The molecule has 2 aliphatic heterocycles. The predicted molar refractivity (Wildman–Crippen MR) is 108 cm³/mol. The summed E-state index contributed by atoms with van der Waals surface area (Å²) < 4.78 is 7.63. The summed E-state index contributed by atoms with van der Waals surface area (Å²) in [7, 11) is 1.91. The van der Waals surface area contributed by atoms with Gasteiger partial charge in [0.15, 0.2) is 5.78 Å². The second-order valence-corrected chi connectivity index (χ2v) is 8.11. The van der Waals surface area contributed by atoms with E-state index in [1.807, 2.05) is 31.4 Å².